The number of rotatable bonds is 0. The van der Waals surface area contributed by atoms with Gasteiger partial charge < -0.3 is 20.6 Å². The Hall–Kier alpha value is 0.180. The molecular formula is C17H29Cl2NSiZr-4. The number of allylic oxidation sites excluding steroid dienone is 4. The van der Waals surface area contributed by atoms with E-state index in [0.717, 1.165) is 0 Å². The SMILES string of the molecule is CC1=[C-]C(C)C(C)=C1C.Cl.Cl.[CH3-].[CH3-].[NH-]c1ccccc1.[SiH2]=[Zr]. The van der Waals surface area contributed by atoms with Gasteiger partial charge in [0.2, 0.25) is 0 Å². The first-order valence-corrected chi connectivity index (χ1v) is 11.8. The maximum absolute atomic E-state index is 7.00. The minimum atomic E-state index is 0. The first-order valence-electron chi connectivity index (χ1n) is 5.92. The Kier molecular flexibility index (Phi) is 29.5. The van der Waals surface area contributed by atoms with Crippen LogP contribution in [0.5, 0.6) is 0 Å². The van der Waals surface area contributed by atoms with Crippen LogP contribution in [0.2, 0.25) is 0 Å². The summed E-state index contributed by atoms with van der Waals surface area (Å²) in [4.78, 5) is 0. The van der Waals surface area contributed by atoms with Crippen LogP contribution in [0.15, 0.2) is 47.1 Å². The van der Waals surface area contributed by atoms with Gasteiger partial charge in [-0.3, -0.25) is 6.08 Å². The van der Waals surface area contributed by atoms with Crippen molar-refractivity contribution in [1.29, 1.82) is 0 Å². The number of nitrogens with one attached hydrogen (secondary N) is 1. The summed E-state index contributed by atoms with van der Waals surface area (Å²) in [6.45, 7) is 10.6. The van der Waals surface area contributed by atoms with Crippen LogP contribution in [-0.4, -0.2) is 6.88 Å². The molecule has 0 aliphatic heterocycles. The van der Waals surface area contributed by atoms with Crippen LogP contribution < -0.4 is 0 Å². The maximum atomic E-state index is 7.00. The van der Waals surface area contributed by atoms with E-state index < -0.39 is 0 Å². The number of hydrogen-bond donors (Lipinski definition) is 0. The van der Waals surface area contributed by atoms with Crippen LogP contribution in [0.4, 0.5) is 5.69 Å². The molecule has 1 atom stereocenters. The molecule has 0 fully saturated rings. The standard InChI is InChI=1S/C9H13.C6H6N.2CH3.2ClH.H2Si.Zr/c1-6-5-7(2)9(4)8(6)3;7-6-4-2-1-3-5-6;;;;;;/h6H,1-4H3;1-5,7H;2*1H3;2*1H;1H2;/q4*-1;;;;. The Morgan fingerprint density at radius 1 is 1.00 bits per heavy atom. The molecule has 1 aliphatic carbocycles. The Morgan fingerprint density at radius 3 is 1.55 bits per heavy atom. The van der Waals surface area contributed by atoms with Crippen LogP contribution in [0.3, 0.4) is 0 Å². The molecule has 0 bridgehead atoms. The summed E-state index contributed by atoms with van der Waals surface area (Å²) in [7, 11) is 0. The van der Waals surface area contributed by atoms with Gasteiger partial charge in [-0.05, 0) is 0 Å². The molecule has 0 radical (unpaired) electrons. The summed E-state index contributed by atoms with van der Waals surface area (Å²) < 4.78 is 0. The van der Waals surface area contributed by atoms with Gasteiger partial charge in [-0.2, -0.15) is 11.1 Å². The van der Waals surface area contributed by atoms with E-state index in [0.29, 0.717) is 11.6 Å². The predicted molar refractivity (Wildman–Crippen MR) is 106 cm³/mol. The number of halogens is 2. The summed E-state index contributed by atoms with van der Waals surface area (Å²) in [5.74, 6) is 0.560. The van der Waals surface area contributed by atoms with Gasteiger partial charge in [-0.25, -0.2) is 5.57 Å². The number of hydrogen-bond acceptors (Lipinski definition) is 0. The Balaban J connectivity index is -0.0000000685. The summed E-state index contributed by atoms with van der Waals surface area (Å²) in [6, 6.07) is 9.10. The molecule has 5 heteroatoms. The van der Waals surface area contributed by atoms with Gasteiger partial charge in [0.15, 0.2) is 0 Å². The van der Waals surface area contributed by atoms with Gasteiger partial charge in [-0.1, -0.05) is 57.0 Å². The van der Waals surface area contributed by atoms with Crippen LogP contribution in [0.25, 0.3) is 5.73 Å². The average molecular weight is 438 g/mol. The molecule has 1 nitrogen and oxygen atoms in total. The molecule has 22 heavy (non-hydrogen) atoms. The van der Waals surface area contributed by atoms with Crippen molar-refractivity contribution >= 4 is 37.4 Å². The third-order valence-corrected chi connectivity index (χ3v) is 3.01. The molecular weight excluding hydrogens is 408 g/mol. The zero-order chi connectivity index (χ0) is 14.1. The van der Waals surface area contributed by atoms with Crippen molar-refractivity contribution in [1.82, 2.24) is 0 Å². The second-order valence-electron chi connectivity index (χ2n) is 4.17. The second kappa shape index (κ2) is 19.2. The van der Waals surface area contributed by atoms with Gasteiger partial charge in [0, 0.05) is 0 Å². The van der Waals surface area contributed by atoms with Crippen molar-refractivity contribution in [2.45, 2.75) is 27.7 Å². The minimum absolute atomic E-state index is 0. The predicted octanol–water partition coefficient (Wildman–Crippen LogP) is 5.92. The van der Waals surface area contributed by atoms with Gasteiger partial charge in [-0.15, -0.1) is 37.4 Å². The Labute approximate surface area is 167 Å². The molecule has 128 valence electrons. The molecule has 0 heterocycles. The van der Waals surface area contributed by atoms with E-state index in [1.165, 1.54) is 16.7 Å². The van der Waals surface area contributed by atoms with Crippen molar-refractivity contribution in [2.75, 3.05) is 0 Å². The number of benzene rings is 1. The van der Waals surface area contributed by atoms with E-state index in [1.807, 2.05) is 25.1 Å². The van der Waals surface area contributed by atoms with Crippen molar-refractivity contribution in [2.24, 2.45) is 5.92 Å². The fourth-order valence-electron chi connectivity index (χ4n) is 1.60. The average Bonchev–Trinajstić information content (AvgIpc) is 2.60. The van der Waals surface area contributed by atoms with E-state index in [1.54, 1.807) is 35.5 Å². The fraction of sp³-hybridized carbons (Fsp3) is 0.294. The van der Waals surface area contributed by atoms with Crippen LogP contribution in [0.1, 0.15) is 27.7 Å². The molecule has 0 saturated carbocycles. The Morgan fingerprint density at radius 2 is 1.41 bits per heavy atom. The van der Waals surface area contributed by atoms with E-state index in [4.69, 9.17) is 5.73 Å². The molecule has 1 aliphatic rings. The molecule has 1 aromatic carbocycles. The molecule has 2 rings (SSSR count). The molecule has 1 aromatic rings. The van der Waals surface area contributed by atoms with E-state index >= 15 is 0 Å². The zero-order valence-electron chi connectivity index (χ0n) is 14.5. The second-order valence-corrected chi connectivity index (χ2v) is 4.17. The van der Waals surface area contributed by atoms with Crippen molar-refractivity contribution < 1.29 is 23.3 Å². The van der Waals surface area contributed by atoms with Gasteiger partial charge in [0.1, 0.15) is 0 Å². The molecule has 0 saturated heterocycles. The summed E-state index contributed by atoms with van der Waals surface area (Å²) in [5.41, 5.74) is 11.8. The summed E-state index contributed by atoms with van der Waals surface area (Å²) >= 11 is 1.58. The molecule has 0 aromatic heterocycles. The first-order chi connectivity index (χ1) is 8.52. The normalized spacial score (nSPS) is 14.0. The quantitative estimate of drug-likeness (QED) is 0.355. The monoisotopic (exact) mass is 435 g/mol. The van der Waals surface area contributed by atoms with E-state index in [-0.39, 0.29) is 39.7 Å². The molecule has 0 spiro atoms. The van der Waals surface area contributed by atoms with Gasteiger partial charge >= 0.3 is 30.2 Å². The van der Waals surface area contributed by atoms with E-state index in [2.05, 4.69) is 33.8 Å². The fourth-order valence-corrected chi connectivity index (χ4v) is 1.60. The third-order valence-electron chi connectivity index (χ3n) is 3.01. The molecule has 1 unspecified atom stereocenters. The van der Waals surface area contributed by atoms with Crippen molar-refractivity contribution in [3.8, 4) is 0 Å². The van der Waals surface area contributed by atoms with Crippen molar-refractivity contribution in [3.05, 3.63) is 73.7 Å². The van der Waals surface area contributed by atoms with Crippen LogP contribution in [-0.2, 0) is 23.3 Å². The van der Waals surface area contributed by atoms with E-state index in [9.17, 15) is 0 Å². The van der Waals surface area contributed by atoms with Crippen LogP contribution >= 0.6 is 24.8 Å². The molecule has 0 amide bonds. The first kappa shape index (κ1) is 33.7. The summed E-state index contributed by atoms with van der Waals surface area (Å²) in [5, 5.41) is 0. The molecule has 1 N–H and O–H groups in total. The van der Waals surface area contributed by atoms with Crippen molar-refractivity contribution in [3.63, 3.8) is 0 Å². The summed E-state index contributed by atoms with van der Waals surface area (Å²) in [6.07, 6.45) is 3.36. The zero-order valence-corrected chi connectivity index (χ0v) is 20.0. The van der Waals surface area contributed by atoms with Gasteiger partial charge in [0.05, 0.1) is 0 Å². The van der Waals surface area contributed by atoms with Gasteiger partial charge in [0.25, 0.3) is 0 Å². The van der Waals surface area contributed by atoms with Crippen LogP contribution in [0, 0.1) is 26.8 Å². The Bertz CT molecular complexity index is 434. The topological polar surface area (TPSA) is 23.8 Å². The third kappa shape index (κ3) is 12.7.